The van der Waals surface area contributed by atoms with E-state index in [1.807, 2.05) is 36.5 Å². The number of carbonyl (C=O) groups is 1. The second kappa shape index (κ2) is 6.83. The quantitative estimate of drug-likeness (QED) is 0.828. The first kappa shape index (κ1) is 14.2. The molecule has 1 unspecified atom stereocenters. The highest BCUT2D eigenvalue weighted by molar-refractivity contribution is 5.93. The van der Waals surface area contributed by atoms with Crippen LogP contribution in [0.2, 0.25) is 0 Å². The van der Waals surface area contributed by atoms with E-state index in [1.54, 1.807) is 18.0 Å². The lowest BCUT2D eigenvalue weighted by molar-refractivity contribution is -0.118. The molecule has 0 aliphatic carbocycles. The van der Waals surface area contributed by atoms with Crippen LogP contribution in [0.25, 0.3) is 5.69 Å². The minimum absolute atomic E-state index is 0.137. The van der Waals surface area contributed by atoms with E-state index in [1.165, 1.54) is 0 Å². The van der Waals surface area contributed by atoms with Gasteiger partial charge < -0.3 is 15.8 Å². The number of ether oxygens (including phenoxy) is 1. The van der Waals surface area contributed by atoms with Gasteiger partial charge in [-0.3, -0.25) is 4.79 Å². The summed E-state index contributed by atoms with van der Waals surface area (Å²) < 4.78 is 6.81. The van der Waals surface area contributed by atoms with Crippen LogP contribution in [0.1, 0.15) is 6.42 Å². The third kappa shape index (κ3) is 3.43. The van der Waals surface area contributed by atoms with Gasteiger partial charge in [0.15, 0.2) is 0 Å². The van der Waals surface area contributed by atoms with Crippen molar-refractivity contribution < 1.29 is 9.53 Å². The first-order valence-electron chi connectivity index (χ1n) is 6.36. The minimum atomic E-state index is -0.271. The molecule has 106 valence electrons. The van der Waals surface area contributed by atoms with Gasteiger partial charge in [0, 0.05) is 26.0 Å². The number of hydrogen-bond acceptors (Lipinski definition) is 4. The maximum atomic E-state index is 12.0. The molecule has 6 heteroatoms. The molecule has 0 aliphatic rings. The van der Waals surface area contributed by atoms with Crippen LogP contribution in [0.3, 0.4) is 0 Å². The van der Waals surface area contributed by atoms with Gasteiger partial charge >= 0.3 is 0 Å². The summed E-state index contributed by atoms with van der Waals surface area (Å²) in [5.41, 5.74) is 7.03. The first-order chi connectivity index (χ1) is 9.74. The Morgan fingerprint density at radius 1 is 1.45 bits per heavy atom. The number of aromatic nitrogens is 2. The maximum Gasteiger partial charge on any atom is 0.227 e. The van der Waals surface area contributed by atoms with Crippen molar-refractivity contribution in [2.45, 2.75) is 12.5 Å². The van der Waals surface area contributed by atoms with Crippen molar-refractivity contribution in [3.05, 3.63) is 42.7 Å². The predicted molar refractivity (Wildman–Crippen MR) is 76.7 cm³/mol. The molecule has 1 aromatic carbocycles. The Balaban J connectivity index is 2.12. The van der Waals surface area contributed by atoms with E-state index in [0.717, 1.165) is 5.69 Å². The standard InChI is InChI=1S/C14H18N4O2/c1-20-11(10-15)9-14(19)17-12-5-2-3-6-13(12)18-8-4-7-16-18/h2-8,11H,9-10,15H2,1H3,(H,17,19). The highest BCUT2D eigenvalue weighted by Gasteiger charge is 2.13. The lowest BCUT2D eigenvalue weighted by Crippen LogP contribution is -2.28. The molecule has 3 N–H and O–H groups in total. The SMILES string of the molecule is COC(CN)CC(=O)Nc1ccccc1-n1cccn1. The van der Waals surface area contributed by atoms with Crippen molar-refractivity contribution in [1.82, 2.24) is 9.78 Å². The van der Waals surface area contributed by atoms with Crippen LogP contribution in [-0.2, 0) is 9.53 Å². The Kier molecular flexibility index (Phi) is 4.86. The number of hydrogen-bond donors (Lipinski definition) is 2. The number of benzene rings is 1. The van der Waals surface area contributed by atoms with Gasteiger partial charge in [0.1, 0.15) is 0 Å². The summed E-state index contributed by atoms with van der Waals surface area (Å²) in [5, 5.41) is 7.03. The Bertz CT molecular complexity index is 550. The van der Waals surface area contributed by atoms with E-state index in [-0.39, 0.29) is 18.4 Å². The van der Waals surface area contributed by atoms with E-state index >= 15 is 0 Å². The Labute approximate surface area is 117 Å². The fourth-order valence-corrected chi connectivity index (χ4v) is 1.86. The van der Waals surface area contributed by atoms with E-state index in [4.69, 9.17) is 10.5 Å². The van der Waals surface area contributed by atoms with Crippen LogP contribution < -0.4 is 11.1 Å². The van der Waals surface area contributed by atoms with Gasteiger partial charge in [0.2, 0.25) is 5.91 Å². The molecule has 1 aromatic heterocycles. The number of nitrogens with two attached hydrogens (primary N) is 1. The number of nitrogens with zero attached hydrogens (tertiary/aromatic N) is 2. The van der Waals surface area contributed by atoms with Crippen LogP contribution >= 0.6 is 0 Å². The van der Waals surface area contributed by atoms with Gasteiger partial charge in [-0.25, -0.2) is 4.68 Å². The molecule has 1 heterocycles. The van der Waals surface area contributed by atoms with Gasteiger partial charge in [-0.2, -0.15) is 5.10 Å². The number of rotatable bonds is 6. The molecule has 2 aromatic rings. The normalized spacial score (nSPS) is 12.1. The Morgan fingerprint density at radius 2 is 2.25 bits per heavy atom. The summed E-state index contributed by atoms with van der Waals surface area (Å²) >= 11 is 0. The van der Waals surface area contributed by atoms with Crippen LogP contribution in [-0.4, -0.2) is 35.4 Å². The van der Waals surface area contributed by atoms with E-state index in [9.17, 15) is 4.79 Å². The first-order valence-corrected chi connectivity index (χ1v) is 6.36. The fourth-order valence-electron chi connectivity index (χ4n) is 1.86. The van der Waals surface area contributed by atoms with Gasteiger partial charge in [0.25, 0.3) is 0 Å². The summed E-state index contributed by atoms with van der Waals surface area (Å²) in [5.74, 6) is -0.137. The highest BCUT2D eigenvalue weighted by Crippen LogP contribution is 2.19. The van der Waals surface area contributed by atoms with Crippen LogP contribution in [0.15, 0.2) is 42.7 Å². The van der Waals surface area contributed by atoms with Crippen molar-refractivity contribution in [1.29, 1.82) is 0 Å². The van der Waals surface area contributed by atoms with E-state index < -0.39 is 0 Å². The molecule has 1 amide bonds. The topological polar surface area (TPSA) is 82.2 Å². The Morgan fingerprint density at radius 3 is 2.90 bits per heavy atom. The molecule has 20 heavy (non-hydrogen) atoms. The molecule has 0 radical (unpaired) electrons. The number of carbonyl (C=O) groups excluding carboxylic acids is 1. The molecule has 0 saturated carbocycles. The third-order valence-corrected chi connectivity index (χ3v) is 2.94. The van der Waals surface area contributed by atoms with Gasteiger partial charge in [-0.15, -0.1) is 0 Å². The molecule has 0 fully saturated rings. The summed E-state index contributed by atoms with van der Waals surface area (Å²) in [6.07, 6.45) is 3.46. The summed E-state index contributed by atoms with van der Waals surface area (Å²) in [6.45, 7) is 0.310. The smallest absolute Gasteiger partial charge is 0.227 e. The van der Waals surface area contributed by atoms with Crippen molar-refractivity contribution in [2.24, 2.45) is 5.73 Å². The summed E-state index contributed by atoms with van der Waals surface area (Å²) in [4.78, 5) is 12.0. The average Bonchev–Trinajstić information content (AvgIpc) is 2.99. The van der Waals surface area contributed by atoms with E-state index in [2.05, 4.69) is 10.4 Å². The van der Waals surface area contributed by atoms with Crippen molar-refractivity contribution in [3.8, 4) is 5.69 Å². The highest BCUT2D eigenvalue weighted by atomic mass is 16.5. The lowest BCUT2D eigenvalue weighted by atomic mass is 10.2. The molecule has 0 saturated heterocycles. The molecule has 0 spiro atoms. The molecule has 2 rings (SSSR count). The summed E-state index contributed by atoms with van der Waals surface area (Å²) in [6, 6.07) is 9.30. The zero-order chi connectivity index (χ0) is 14.4. The molecule has 6 nitrogen and oxygen atoms in total. The maximum absolute atomic E-state index is 12.0. The van der Waals surface area contributed by atoms with Gasteiger partial charge in [-0.1, -0.05) is 12.1 Å². The van der Waals surface area contributed by atoms with Crippen molar-refractivity contribution in [2.75, 3.05) is 19.0 Å². The number of methoxy groups -OCH3 is 1. The van der Waals surface area contributed by atoms with Crippen molar-refractivity contribution >= 4 is 11.6 Å². The zero-order valence-corrected chi connectivity index (χ0v) is 11.3. The average molecular weight is 274 g/mol. The number of para-hydroxylation sites is 2. The number of amides is 1. The summed E-state index contributed by atoms with van der Waals surface area (Å²) in [7, 11) is 1.54. The lowest BCUT2D eigenvalue weighted by Gasteiger charge is -2.14. The van der Waals surface area contributed by atoms with Gasteiger partial charge in [-0.05, 0) is 18.2 Å². The second-order valence-electron chi connectivity index (χ2n) is 4.31. The monoisotopic (exact) mass is 274 g/mol. The Hall–Kier alpha value is -2.18. The number of nitrogens with one attached hydrogen (secondary N) is 1. The van der Waals surface area contributed by atoms with Crippen molar-refractivity contribution in [3.63, 3.8) is 0 Å². The molecular formula is C14H18N4O2. The van der Waals surface area contributed by atoms with Crippen LogP contribution in [0.4, 0.5) is 5.69 Å². The third-order valence-electron chi connectivity index (χ3n) is 2.94. The van der Waals surface area contributed by atoms with Crippen LogP contribution in [0.5, 0.6) is 0 Å². The minimum Gasteiger partial charge on any atom is -0.380 e. The molecule has 1 atom stereocenters. The second-order valence-corrected chi connectivity index (χ2v) is 4.31. The predicted octanol–water partition coefficient (Wildman–Crippen LogP) is 1.17. The van der Waals surface area contributed by atoms with Gasteiger partial charge in [0.05, 0.1) is 23.9 Å². The number of anilines is 1. The molecule has 0 bridgehead atoms. The zero-order valence-electron chi connectivity index (χ0n) is 11.3. The van der Waals surface area contributed by atoms with E-state index in [0.29, 0.717) is 12.2 Å². The largest absolute Gasteiger partial charge is 0.380 e. The molecule has 0 aliphatic heterocycles. The fraction of sp³-hybridized carbons (Fsp3) is 0.286. The van der Waals surface area contributed by atoms with Crippen LogP contribution in [0, 0.1) is 0 Å². The molecular weight excluding hydrogens is 256 g/mol.